The molecule has 2 saturated heterocycles. The van der Waals surface area contributed by atoms with Crippen molar-refractivity contribution < 1.29 is 0 Å². The fourth-order valence-electron chi connectivity index (χ4n) is 3.68. The van der Waals surface area contributed by atoms with Gasteiger partial charge in [-0.1, -0.05) is 6.92 Å². The first kappa shape index (κ1) is 13.6. The van der Waals surface area contributed by atoms with Crippen molar-refractivity contribution in [1.82, 2.24) is 14.9 Å². The molecule has 3 rings (SSSR count). The van der Waals surface area contributed by atoms with Crippen LogP contribution in [0.15, 0.2) is 10.9 Å². The Kier molecular flexibility index (Phi) is 3.78. The average molecular weight is 276 g/mol. The van der Waals surface area contributed by atoms with Crippen molar-refractivity contribution in [3.8, 4) is 0 Å². The van der Waals surface area contributed by atoms with E-state index in [-0.39, 0.29) is 5.56 Å². The highest BCUT2D eigenvalue weighted by molar-refractivity contribution is 5.38. The van der Waals surface area contributed by atoms with Gasteiger partial charge < -0.3 is 14.8 Å². The Morgan fingerprint density at radius 2 is 2.25 bits per heavy atom. The summed E-state index contributed by atoms with van der Waals surface area (Å²) in [5, 5.41) is 0. The molecule has 0 spiro atoms. The van der Waals surface area contributed by atoms with Crippen molar-refractivity contribution in [3.63, 3.8) is 0 Å². The van der Waals surface area contributed by atoms with Crippen LogP contribution in [0.1, 0.15) is 32.0 Å². The average Bonchev–Trinajstić information content (AvgIpc) is 2.46. The molecule has 0 saturated carbocycles. The summed E-state index contributed by atoms with van der Waals surface area (Å²) in [5.41, 5.74) is -0.0327. The molecule has 1 N–H and O–H groups in total. The van der Waals surface area contributed by atoms with Crippen molar-refractivity contribution in [1.29, 1.82) is 0 Å². The number of H-pyrrole nitrogens is 1. The zero-order valence-electron chi connectivity index (χ0n) is 12.4. The van der Waals surface area contributed by atoms with Crippen LogP contribution < -0.4 is 10.5 Å². The summed E-state index contributed by atoms with van der Waals surface area (Å²) in [5.74, 6) is 2.36. The normalized spacial score (nSPS) is 27.4. The number of aryl methyl sites for hydroxylation is 1. The molecule has 2 unspecified atom stereocenters. The van der Waals surface area contributed by atoms with Gasteiger partial charge in [0, 0.05) is 31.6 Å². The maximum Gasteiger partial charge on any atom is 0.252 e. The minimum absolute atomic E-state index is 0.0327. The Balaban J connectivity index is 1.79. The molecule has 0 bridgehead atoms. The molecule has 2 aliphatic rings. The molecule has 2 aliphatic heterocycles. The van der Waals surface area contributed by atoms with E-state index >= 15 is 0 Å². The largest absolute Gasteiger partial charge is 0.356 e. The van der Waals surface area contributed by atoms with Crippen LogP contribution in [0.4, 0.5) is 5.82 Å². The number of nitrogens with zero attached hydrogens (tertiary/aromatic N) is 3. The van der Waals surface area contributed by atoms with Crippen molar-refractivity contribution >= 4 is 5.82 Å². The third kappa shape index (κ3) is 2.59. The van der Waals surface area contributed by atoms with Gasteiger partial charge in [0.15, 0.2) is 0 Å². The number of hydrogen-bond acceptors (Lipinski definition) is 4. The zero-order chi connectivity index (χ0) is 14.1. The maximum absolute atomic E-state index is 11.7. The van der Waals surface area contributed by atoms with E-state index in [1.54, 1.807) is 6.07 Å². The van der Waals surface area contributed by atoms with Gasteiger partial charge in [0.2, 0.25) is 0 Å². The summed E-state index contributed by atoms with van der Waals surface area (Å²) in [7, 11) is 2.24. The van der Waals surface area contributed by atoms with Crippen LogP contribution in [0.25, 0.3) is 0 Å². The first-order valence-corrected chi connectivity index (χ1v) is 7.73. The van der Waals surface area contributed by atoms with E-state index in [1.807, 2.05) is 6.92 Å². The van der Waals surface area contributed by atoms with Crippen LogP contribution in [-0.2, 0) is 6.42 Å². The molecule has 0 aromatic carbocycles. The Labute approximate surface area is 120 Å². The lowest BCUT2D eigenvalue weighted by Crippen LogP contribution is -2.53. The highest BCUT2D eigenvalue weighted by Gasteiger charge is 2.34. The molecule has 0 aliphatic carbocycles. The van der Waals surface area contributed by atoms with Crippen LogP contribution in [0.2, 0.25) is 0 Å². The van der Waals surface area contributed by atoms with E-state index in [2.05, 4.69) is 26.8 Å². The first-order chi connectivity index (χ1) is 9.67. The highest BCUT2D eigenvalue weighted by atomic mass is 16.1. The lowest BCUT2D eigenvalue weighted by Gasteiger charge is -2.46. The fraction of sp³-hybridized carbons (Fsp3) is 0.733. The summed E-state index contributed by atoms with van der Waals surface area (Å²) in [6.07, 6.45) is 4.53. The molecule has 1 aromatic heterocycles. The molecule has 110 valence electrons. The van der Waals surface area contributed by atoms with Gasteiger partial charge >= 0.3 is 0 Å². The Bertz CT molecular complexity index is 527. The quantitative estimate of drug-likeness (QED) is 0.883. The summed E-state index contributed by atoms with van der Waals surface area (Å²) in [4.78, 5) is 23.9. The smallest absolute Gasteiger partial charge is 0.252 e. The number of anilines is 1. The summed E-state index contributed by atoms with van der Waals surface area (Å²) in [6, 6.07) is 2.36. The number of nitrogens with one attached hydrogen (secondary N) is 1. The third-order valence-electron chi connectivity index (χ3n) is 4.78. The van der Waals surface area contributed by atoms with E-state index in [1.165, 1.54) is 25.8 Å². The van der Waals surface area contributed by atoms with Crippen LogP contribution in [0.3, 0.4) is 0 Å². The van der Waals surface area contributed by atoms with E-state index < -0.39 is 0 Å². The number of rotatable bonds is 2. The molecule has 5 heteroatoms. The van der Waals surface area contributed by atoms with E-state index in [0.29, 0.717) is 12.0 Å². The summed E-state index contributed by atoms with van der Waals surface area (Å²) in [6.45, 7) is 5.29. The van der Waals surface area contributed by atoms with E-state index in [4.69, 9.17) is 0 Å². The van der Waals surface area contributed by atoms with Gasteiger partial charge in [0.1, 0.15) is 11.6 Å². The lowest BCUT2D eigenvalue weighted by molar-refractivity contribution is 0.102. The molecule has 0 radical (unpaired) electrons. The standard InChI is InChI=1S/C15H24N4O/c1-3-13-16-14(9-15(20)17-13)19-8-6-12-11(10-19)5-4-7-18(12)2/h9,11-12H,3-8,10H2,1-2H3,(H,16,17,20). The second-order valence-corrected chi connectivity index (χ2v) is 6.09. The van der Waals surface area contributed by atoms with Crippen molar-refractivity contribution in [2.75, 3.05) is 31.6 Å². The van der Waals surface area contributed by atoms with E-state index in [9.17, 15) is 4.79 Å². The first-order valence-electron chi connectivity index (χ1n) is 7.73. The van der Waals surface area contributed by atoms with Crippen molar-refractivity contribution in [2.45, 2.75) is 38.6 Å². The number of fused-ring (bicyclic) bond motifs is 1. The Morgan fingerprint density at radius 3 is 3.05 bits per heavy atom. The van der Waals surface area contributed by atoms with Gasteiger partial charge in [-0.15, -0.1) is 0 Å². The topological polar surface area (TPSA) is 52.2 Å². The summed E-state index contributed by atoms with van der Waals surface area (Å²) >= 11 is 0. The molecule has 2 fully saturated rings. The van der Waals surface area contributed by atoms with Crippen LogP contribution in [-0.4, -0.2) is 47.6 Å². The molecule has 5 nitrogen and oxygen atoms in total. The van der Waals surface area contributed by atoms with Gasteiger partial charge in [0.25, 0.3) is 5.56 Å². The highest BCUT2D eigenvalue weighted by Crippen LogP contribution is 2.30. The summed E-state index contributed by atoms with van der Waals surface area (Å²) < 4.78 is 0. The number of piperidine rings is 2. The minimum atomic E-state index is -0.0327. The number of aromatic amines is 1. The molecule has 2 atom stereocenters. The molecule has 20 heavy (non-hydrogen) atoms. The molecular formula is C15H24N4O. The SMILES string of the molecule is CCc1nc(N2CCC3C(CCCN3C)C2)cc(=O)[nH]1. The monoisotopic (exact) mass is 276 g/mol. The predicted molar refractivity (Wildman–Crippen MR) is 80.2 cm³/mol. The minimum Gasteiger partial charge on any atom is -0.356 e. The lowest BCUT2D eigenvalue weighted by atomic mass is 9.84. The second kappa shape index (κ2) is 5.56. The van der Waals surface area contributed by atoms with Gasteiger partial charge in [-0.3, -0.25) is 4.79 Å². The van der Waals surface area contributed by atoms with Gasteiger partial charge in [0.05, 0.1) is 0 Å². The molecule has 0 amide bonds. The fourth-order valence-corrected chi connectivity index (χ4v) is 3.68. The van der Waals surface area contributed by atoms with Crippen molar-refractivity contribution in [3.05, 3.63) is 22.2 Å². The zero-order valence-corrected chi connectivity index (χ0v) is 12.4. The predicted octanol–water partition coefficient (Wildman–Crippen LogP) is 1.25. The Morgan fingerprint density at radius 1 is 1.40 bits per heavy atom. The third-order valence-corrected chi connectivity index (χ3v) is 4.78. The van der Waals surface area contributed by atoms with Gasteiger partial charge in [-0.2, -0.15) is 0 Å². The van der Waals surface area contributed by atoms with E-state index in [0.717, 1.165) is 31.2 Å². The molecule has 3 heterocycles. The Hall–Kier alpha value is -1.36. The van der Waals surface area contributed by atoms with Crippen LogP contribution in [0, 0.1) is 5.92 Å². The van der Waals surface area contributed by atoms with Crippen LogP contribution in [0.5, 0.6) is 0 Å². The molecule has 1 aromatic rings. The van der Waals surface area contributed by atoms with Crippen LogP contribution >= 0.6 is 0 Å². The maximum atomic E-state index is 11.7. The number of hydrogen-bond donors (Lipinski definition) is 1. The molecular weight excluding hydrogens is 252 g/mol. The van der Waals surface area contributed by atoms with Gasteiger partial charge in [-0.25, -0.2) is 4.98 Å². The number of aromatic nitrogens is 2. The second-order valence-electron chi connectivity index (χ2n) is 6.09. The van der Waals surface area contributed by atoms with Gasteiger partial charge in [-0.05, 0) is 38.8 Å². The van der Waals surface area contributed by atoms with Crippen molar-refractivity contribution in [2.24, 2.45) is 5.92 Å². The number of likely N-dealkylation sites (tertiary alicyclic amines) is 1.